The van der Waals surface area contributed by atoms with E-state index in [0.717, 1.165) is 13.0 Å². The highest BCUT2D eigenvalue weighted by atomic mass is 79.9. The Labute approximate surface area is 132 Å². The standard InChI is InChI=1S/C18H18BrNO/c19-18(17-7-3-4-10-21-17)12-8-9-16-14(11-12)13-5-1-2-6-15(13)20-16/h1-2,5-6,8-9,11,17-18,20H,3-4,7,10H2. The second kappa shape index (κ2) is 5.47. The summed E-state index contributed by atoms with van der Waals surface area (Å²) in [5.41, 5.74) is 3.70. The smallest absolute Gasteiger partial charge is 0.0740 e. The molecule has 0 saturated carbocycles. The van der Waals surface area contributed by atoms with Crippen LogP contribution in [0.25, 0.3) is 21.8 Å². The van der Waals surface area contributed by atoms with Gasteiger partial charge in [-0.3, -0.25) is 0 Å². The number of halogens is 1. The lowest BCUT2D eigenvalue weighted by Gasteiger charge is -2.27. The van der Waals surface area contributed by atoms with Crippen LogP contribution < -0.4 is 0 Å². The van der Waals surface area contributed by atoms with Crippen molar-refractivity contribution in [1.29, 1.82) is 0 Å². The molecule has 1 saturated heterocycles. The van der Waals surface area contributed by atoms with E-state index < -0.39 is 0 Å². The summed E-state index contributed by atoms with van der Waals surface area (Å²) in [6, 6.07) is 15.2. The summed E-state index contributed by atoms with van der Waals surface area (Å²) in [7, 11) is 0. The van der Waals surface area contributed by atoms with Gasteiger partial charge in [0, 0.05) is 28.4 Å². The maximum Gasteiger partial charge on any atom is 0.0740 e. The molecule has 3 aromatic rings. The van der Waals surface area contributed by atoms with Crippen LogP contribution in [0.15, 0.2) is 42.5 Å². The molecule has 3 heteroatoms. The van der Waals surface area contributed by atoms with Gasteiger partial charge in [0.2, 0.25) is 0 Å². The fourth-order valence-electron chi connectivity index (χ4n) is 3.25. The van der Waals surface area contributed by atoms with Crippen molar-refractivity contribution in [1.82, 2.24) is 4.98 Å². The summed E-state index contributed by atoms with van der Waals surface area (Å²) >= 11 is 3.85. The van der Waals surface area contributed by atoms with E-state index in [-0.39, 0.29) is 4.83 Å². The van der Waals surface area contributed by atoms with Gasteiger partial charge in [-0.1, -0.05) is 40.2 Å². The van der Waals surface area contributed by atoms with Gasteiger partial charge in [0.25, 0.3) is 0 Å². The lowest BCUT2D eigenvalue weighted by atomic mass is 9.99. The Bertz CT molecular complexity index is 773. The Morgan fingerprint density at radius 1 is 1.05 bits per heavy atom. The first-order valence-electron chi connectivity index (χ1n) is 7.59. The Hall–Kier alpha value is -1.32. The van der Waals surface area contributed by atoms with Crippen LogP contribution >= 0.6 is 15.9 Å². The number of aromatic amines is 1. The highest BCUT2D eigenvalue weighted by molar-refractivity contribution is 9.09. The van der Waals surface area contributed by atoms with Crippen LogP contribution in [-0.4, -0.2) is 17.7 Å². The lowest BCUT2D eigenvalue weighted by Crippen LogP contribution is -2.23. The van der Waals surface area contributed by atoms with Crippen molar-refractivity contribution < 1.29 is 4.74 Å². The number of H-pyrrole nitrogens is 1. The van der Waals surface area contributed by atoms with Gasteiger partial charge in [-0.2, -0.15) is 0 Å². The normalized spacial score (nSPS) is 20.9. The van der Waals surface area contributed by atoms with Crippen molar-refractivity contribution in [3.05, 3.63) is 48.0 Å². The van der Waals surface area contributed by atoms with E-state index >= 15 is 0 Å². The second-order valence-corrected chi connectivity index (χ2v) is 6.77. The molecule has 1 aliphatic heterocycles. The molecule has 1 aliphatic rings. The van der Waals surface area contributed by atoms with Crippen LogP contribution in [0.2, 0.25) is 0 Å². The predicted octanol–water partition coefficient (Wildman–Crippen LogP) is 5.33. The Balaban J connectivity index is 1.76. The van der Waals surface area contributed by atoms with Crippen molar-refractivity contribution >= 4 is 37.7 Å². The van der Waals surface area contributed by atoms with Crippen molar-refractivity contribution in [3.8, 4) is 0 Å². The summed E-state index contributed by atoms with van der Waals surface area (Å²) in [6.45, 7) is 0.891. The molecular weight excluding hydrogens is 326 g/mol. The topological polar surface area (TPSA) is 25.0 Å². The summed E-state index contributed by atoms with van der Waals surface area (Å²) in [5, 5.41) is 2.59. The van der Waals surface area contributed by atoms with Crippen LogP contribution in [0.1, 0.15) is 29.7 Å². The number of alkyl halides is 1. The van der Waals surface area contributed by atoms with E-state index in [1.165, 1.54) is 40.2 Å². The fourth-order valence-corrected chi connectivity index (χ4v) is 3.95. The molecule has 0 amide bonds. The van der Waals surface area contributed by atoms with Crippen LogP contribution in [0.3, 0.4) is 0 Å². The van der Waals surface area contributed by atoms with E-state index in [1.807, 2.05) is 0 Å². The molecular formula is C18H18BrNO. The van der Waals surface area contributed by atoms with Gasteiger partial charge in [-0.05, 0) is 43.0 Å². The third-order valence-electron chi connectivity index (χ3n) is 4.39. The Morgan fingerprint density at radius 2 is 1.90 bits per heavy atom. The number of benzene rings is 2. The average molecular weight is 344 g/mol. The molecule has 2 nitrogen and oxygen atoms in total. The van der Waals surface area contributed by atoms with Crippen molar-refractivity contribution in [2.75, 3.05) is 6.61 Å². The molecule has 2 unspecified atom stereocenters. The second-order valence-electron chi connectivity index (χ2n) is 5.78. The maximum absolute atomic E-state index is 5.92. The van der Waals surface area contributed by atoms with Crippen molar-refractivity contribution in [2.45, 2.75) is 30.2 Å². The van der Waals surface area contributed by atoms with Gasteiger partial charge < -0.3 is 9.72 Å². The molecule has 1 fully saturated rings. The number of hydrogen-bond donors (Lipinski definition) is 1. The molecule has 108 valence electrons. The fraction of sp³-hybridized carbons (Fsp3) is 0.333. The van der Waals surface area contributed by atoms with E-state index in [9.17, 15) is 0 Å². The number of para-hydroxylation sites is 1. The van der Waals surface area contributed by atoms with Crippen LogP contribution in [0.5, 0.6) is 0 Å². The number of ether oxygens (including phenoxy) is 1. The lowest BCUT2D eigenvalue weighted by molar-refractivity contribution is 0.0161. The zero-order valence-electron chi connectivity index (χ0n) is 11.8. The first-order valence-corrected chi connectivity index (χ1v) is 8.50. The summed E-state index contributed by atoms with van der Waals surface area (Å²) in [6.07, 6.45) is 3.89. The summed E-state index contributed by atoms with van der Waals surface area (Å²) < 4.78 is 5.92. The minimum absolute atomic E-state index is 0.274. The number of rotatable bonds is 2. The van der Waals surface area contributed by atoms with E-state index in [2.05, 4.69) is 63.4 Å². The molecule has 2 atom stereocenters. The molecule has 0 radical (unpaired) electrons. The zero-order chi connectivity index (χ0) is 14.2. The van der Waals surface area contributed by atoms with Gasteiger partial charge in [0.15, 0.2) is 0 Å². The average Bonchev–Trinajstić information content (AvgIpc) is 2.93. The third-order valence-corrected chi connectivity index (χ3v) is 5.51. The molecule has 1 aromatic heterocycles. The Kier molecular flexibility index (Phi) is 3.48. The monoisotopic (exact) mass is 343 g/mol. The number of hydrogen-bond acceptors (Lipinski definition) is 1. The van der Waals surface area contributed by atoms with Crippen molar-refractivity contribution in [2.24, 2.45) is 0 Å². The molecule has 2 aromatic carbocycles. The molecule has 0 aliphatic carbocycles. The highest BCUT2D eigenvalue weighted by Gasteiger charge is 2.24. The third kappa shape index (κ3) is 2.39. The highest BCUT2D eigenvalue weighted by Crippen LogP contribution is 2.36. The van der Waals surface area contributed by atoms with Crippen LogP contribution in [-0.2, 0) is 4.74 Å². The van der Waals surface area contributed by atoms with Gasteiger partial charge in [0.1, 0.15) is 0 Å². The molecule has 0 bridgehead atoms. The number of nitrogens with one attached hydrogen (secondary N) is 1. The SMILES string of the molecule is BrC(c1ccc2[nH]c3ccccc3c2c1)C1CCCCO1. The van der Waals surface area contributed by atoms with Gasteiger partial charge >= 0.3 is 0 Å². The molecule has 2 heterocycles. The number of fused-ring (bicyclic) bond motifs is 3. The first kappa shape index (κ1) is 13.4. The van der Waals surface area contributed by atoms with E-state index in [4.69, 9.17) is 4.74 Å². The van der Waals surface area contributed by atoms with E-state index in [1.54, 1.807) is 0 Å². The zero-order valence-corrected chi connectivity index (χ0v) is 13.4. The maximum atomic E-state index is 5.92. The van der Waals surface area contributed by atoms with Gasteiger partial charge in [0.05, 0.1) is 10.9 Å². The molecule has 1 N–H and O–H groups in total. The van der Waals surface area contributed by atoms with Crippen LogP contribution in [0, 0.1) is 0 Å². The minimum atomic E-state index is 0.274. The Morgan fingerprint density at radius 3 is 2.76 bits per heavy atom. The molecule has 4 rings (SSSR count). The molecule has 21 heavy (non-hydrogen) atoms. The van der Waals surface area contributed by atoms with Crippen molar-refractivity contribution in [3.63, 3.8) is 0 Å². The molecule has 0 spiro atoms. The number of aromatic nitrogens is 1. The van der Waals surface area contributed by atoms with Gasteiger partial charge in [-0.15, -0.1) is 0 Å². The largest absolute Gasteiger partial charge is 0.377 e. The summed E-state index contributed by atoms with van der Waals surface area (Å²) in [4.78, 5) is 3.75. The van der Waals surface area contributed by atoms with Crippen LogP contribution in [0.4, 0.5) is 0 Å². The minimum Gasteiger partial charge on any atom is -0.377 e. The van der Waals surface area contributed by atoms with E-state index in [0.29, 0.717) is 6.10 Å². The van der Waals surface area contributed by atoms with Gasteiger partial charge in [-0.25, -0.2) is 0 Å². The predicted molar refractivity (Wildman–Crippen MR) is 91.1 cm³/mol. The summed E-state index contributed by atoms with van der Waals surface area (Å²) in [5.74, 6) is 0. The first-order chi connectivity index (χ1) is 10.3. The quantitative estimate of drug-likeness (QED) is 0.625.